The number of carbonyl (C=O) groups excluding carboxylic acids is 1. The number of thiazole rings is 1. The van der Waals surface area contributed by atoms with E-state index in [1.54, 1.807) is 11.3 Å². The Morgan fingerprint density at radius 3 is 2.95 bits per heavy atom. The number of aryl methyl sites for hydroxylation is 3. The Morgan fingerprint density at radius 1 is 1.41 bits per heavy atom. The maximum atomic E-state index is 12.9. The first-order valence-corrected chi connectivity index (χ1v) is 8.64. The standard InChI is InChI=1S/C16H22N4OS/c1-11(10-19-9-7-12(2)18-19)15(21)20-8-5-4-6-14-16(20)22-13(3)17-14/h7,9,11H,4-6,8,10H2,1-3H3. The van der Waals surface area contributed by atoms with Gasteiger partial charge in [0.1, 0.15) is 5.00 Å². The molecule has 1 amide bonds. The molecule has 0 radical (unpaired) electrons. The van der Waals surface area contributed by atoms with E-state index in [2.05, 4.69) is 10.1 Å². The van der Waals surface area contributed by atoms with Crippen LogP contribution in [-0.2, 0) is 17.8 Å². The SMILES string of the molecule is Cc1ccn(CC(C)C(=O)N2CCCCc3nc(C)sc32)n1. The molecule has 5 nitrogen and oxygen atoms in total. The van der Waals surface area contributed by atoms with Crippen molar-refractivity contribution in [2.75, 3.05) is 11.4 Å². The maximum Gasteiger partial charge on any atom is 0.232 e. The number of hydrogen-bond donors (Lipinski definition) is 0. The molecule has 0 bridgehead atoms. The molecule has 6 heteroatoms. The third kappa shape index (κ3) is 3.06. The first kappa shape index (κ1) is 15.2. The van der Waals surface area contributed by atoms with Crippen LogP contribution in [0.25, 0.3) is 0 Å². The summed E-state index contributed by atoms with van der Waals surface area (Å²) in [5.74, 6) is 0.0904. The van der Waals surface area contributed by atoms with Gasteiger partial charge in [-0.05, 0) is 39.2 Å². The van der Waals surface area contributed by atoms with Crippen LogP contribution >= 0.6 is 11.3 Å². The summed E-state index contributed by atoms with van der Waals surface area (Å²) >= 11 is 1.64. The van der Waals surface area contributed by atoms with Crippen molar-refractivity contribution >= 4 is 22.2 Å². The van der Waals surface area contributed by atoms with Gasteiger partial charge in [0, 0.05) is 12.7 Å². The van der Waals surface area contributed by atoms with Gasteiger partial charge in [-0.25, -0.2) is 4.98 Å². The van der Waals surface area contributed by atoms with Crippen molar-refractivity contribution in [3.8, 4) is 0 Å². The lowest BCUT2D eigenvalue weighted by Crippen LogP contribution is -2.37. The van der Waals surface area contributed by atoms with Crippen LogP contribution in [0, 0.1) is 19.8 Å². The number of fused-ring (bicyclic) bond motifs is 1. The summed E-state index contributed by atoms with van der Waals surface area (Å²) in [7, 11) is 0. The zero-order valence-corrected chi connectivity index (χ0v) is 14.2. The molecule has 0 fully saturated rings. The molecule has 0 N–H and O–H groups in total. The van der Waals surface area contributed by atoms with Crippen LogP contribution in [0.4, 0.5) is 5.00 Å². The smallest absolute Gasteiger partial charge is 0.232 e. The lowest BCUT2D eigenvalue weighted by atomic mass is 10.1. The third-order valence-corrected chi connectivity index (χ3v) is 5.03. The summed E-state index contributed by atoms with van der Waals surface area (Å²) in [5.41, 5.74) is 2.07. The predicted octanol–water partition coefficient (Wildman–Crippen LogP) is 2.96. The lowest BCUT2D eigenvalue weighted by Gasteiger charge is -2.23. The lowest BCUT2D eigenvalue weighted by molar-refractivity contribution is -0.122. The fourth-order valence-electron chi connectivity index (χ4n) is 2.90. The zero-order chi connectivity index (χ0) is 15.7. The van der Waals surface area contributed by atoms with E-state index in [1.807, 2.05) is 42.6 Å². The normalized spacial score (nSPS) is 16.2. The van der Waals surface area contributed by atoms with Gasteiger partial charge in [-0.3, -0.25) is 9.48 Å². The van der Waals surface area contributed by atoms with Crippen molar-refractivity contribution in [1.29, 1.82) is 0 Å². The summed E-state index contributed by atoms with van der Waals surface area (Å²) < 4.78 is 1.86. The molecule has 1 atom stereocenters. The van der Waals surface area contributed by atoms with Gasteiger partial charge in [-0.1, -0.05) is 6.92 Å². The van der Waals surface area contributed by atoms with Gasteiger partial charge in [0.25, 0.3) is 0 Å². The highest BCUT2D eigenvalue weighted by atomic mass is 32.1. The largest absolute Gasteiger partial charge is 0.302 e. The Hall–Kier alpha value is -1.69. The van der Waals surface area contributed by atoms with Crippen LogP contribution in [0.2, 0.25) is 0 Å². The predicted molar refractivity (Wildman–Crippen MR) is 88.3 cm³/mol. The molecule has 22 heavy (non-hydrogen) atoms. The van der Waals surface area contributed by atoms with Crippen LogP contribution in [0.3, 0.4) is 0 Å². The first-order chi connectivity index (χ1) is 10.5. The average molecular weight is 318 g/mol. The molecule has 2 aromatic heterocycles. The third-order valence-electron chi connectivity index (χ3n) is 4.00. The van der Waals surface area contributed by atoms with Crippen LogP contribution in [0.1, 0.15) is 36.2 Å². The highest BCUT2D eigenvalue weighted by molar-refractivity contribution is 7.16. The fraction of sp³-hybridized carbons (Fsp3) is 0.562. The van der Waals surface area contributed by atoms with E-state index in [4.69, 9.17) is 0 Å². The van der Waals surface area contributed by atoms with Crippen molar-refractivity contribution < 1.29 is 4.79 Å². The van der Waals surface area contributed by atoms with Crippen molar-refractivity contribution in [2.24, 2.45) is 5.92 Å². The number of aromatic nitrogens is 3. The molecule has 2 aromatic rings. The molecule has 1 unspecified atom stereocenters. The van der Waals surface area contributed by atoms with Crippen molar-refractivity contribution in [1.82, 2.24) is 14.8 Å². The molecule has 3 heterocycles. The van der Waals surface area contributed by atoms with Crippen molar-refractivity contribution in [2.45, 2.75) is 46.6 Å². The molecule has 3 rings (SSSR count). The van der Waals surface area contributed by atoms with Gasteiger partial charge in [0.15, 0.2) is 0 Å². The fourth-order valence-corrected chi connectivity index (χ4v) is 3.89. The van der Waals surface area contributed by atoms with Crippen LogP contribution in [0.15, 0.2) is 12.3 Å². The number of amides is 1. The van der Waals surface area contributed by atoms with E-state index in [0.29, 0.717) is 6.54 Å². The van der Waals surface area contributed by atoms with E-state index >= 15 is 0 Å². The number of nitrogens with zero attached hydrogens (tertiary/aromatic N) is 4. The van der Waals surface area contributed by atoms with Gasteiger partial charge in [-0.2, -0.15) is 5.10 Å². The zero-order valence-electron chi connectivity index (χ0n) is 13.4. The van der Waals surface area contributed by atoms with Crippen LogP contribution < -0.4 is 4.90 Å². The molecule has 1 aliphatic rings. The van der Waals surface area contributed by atoms with Gasteiger partial charge in [0.2, 0.25) is 5.91 Å². The Bertz CT molecular complexity index is 675. The maximum absolute atomic E-state index is 12.9. The first-order valence-electron chi connectivity index (χ1n) is 7.82. The van der Waals surface area contributed by atoms with E-state index in [0.717, 1.165) is 47.2 Å². The highest BCUT2D eigenvalue weighted by Crippen LogP contribution is 2.33. The second-order valence-corrected chi connectivity index (χ2v) is 7.19. The van der Waals surface area contributed by atoms with Crippen molar-refractivity contribution in [3.05, 3.63) is 28.7 Å². The van der Waals surface area contributed by atoms with Gasteiger partial charge in [0.05, 0.1) is 28.9 Å². The quantitative estimate of drug-likeness (QED) is 0.874. The molecule has 0 saturated carbocycles. The van der Waals surface area contributed by atoms with E-state index < -0.39 is 0 Å². The van der Waals surface area contributed by atoms with Crippen LogP contribution in [0.5, 0.6) is 0 Å². The Labute approximate surface area is 135 Å². The topological polar surface area (TPSA) is 51.0 Å². The van der Waals surface area contributed by atoms with E-state index in [9.17, 15) is 4.79 Å². The summed E-state index contributed by atoms with van der Waals surface area (Å²) in [6.07, 6.45) is 5.06. The Kier molecular flexibility index (Phi) is 4.29. The number of anilines is 1. The summed E-state index contributed by atoms with van der Waals surface area (Å²) in [6, 6.07) is 1.97. The monoisotopic (exact) mass is 318 g/mol. The molecule has 1 aliphatic heterocycles. The second kappa shape index (κ2) is 6.20. The molecule has 0 aromatic carbocycles. The van der Waals surface area contributed by atoms with Gasteiger partial charge < -0.3 is 4.90 Å². The molecule has 0 saturated heterocycles. The molecular weight excluding hydrogens is 296 g/mol. The molecule has 0 aliphatic carbocycles. The average Bonchev–Trinajstić information content (AvgIpc) is 2.99. The highest BCUT2D eigenvalue weighted by Gasteiger charge is 2.28. The molecule has 118 valence electrons. The number of hydrogen-bond acceptors (Lipinski definition) is 4. The van der Waals surface area contributed by atoms with E-state index in [1.165, 1.54) is 0 Å². The molecule has 0 spiro atoms. The van der Waals surface area contributed by atoms with Crippen LogP contribution in [-0.4, -0.2) is 27.2 Å². The summed E-state index contributed by atoms with van der Waals surface area (Å²) in [5, 5.41) is 6.48. The van der Waals surface area contributed by atoms with Gasteiger partial charge in [-0.15, -0.1) is 11.3 Å². The second-order valence-electron chi connectivity index (χ2n) is 6.01. The minimum Gasteiger partial charge on any atom is -0.302 e. The van der Waals surface area contributed by atoms with E-state index in [-0.39, 0.29) is 11.8 Å². The van der Waals surface area contributed by atoms with Crippen molar-refractivity contribution in [3.63, 3.8) is 0 Å². The molecular formula is C16H22N4OS. The minimum atomic E-state index is -0.0901. The number of rotatable bonds is 3. The Morgan fingerprint density at radius 2 is 2.23 bits per heavy atom. The number of carbonyl (C=O) groups is 1. The van der Waals surface area contributed by atoms with Gasteiger partial charge >= 0.3 is 0 Å². The Balaban J connectivity index is 1.78. The summed E-state index contributed by atoms with van der Waals surface area (Å²) in [4.78, 5) is 19.4. The minimum absolute atomic E-state index is 0.0901. The summed E-state index contributed by atoms with van der Waals surface area (Å²) in [6.45, 7) is 7.38.